The van der Waals surface area contributed by atoms with E-state index in [0.717, 1.165) is 16.8 Å². The third-order valence-electron chi connectivity index (χ3n) is 2.26. The lowest BCUT2D eigenvalue weighted by molar-refractivity contribution is -0.115. The minimum atomic E-state index is -0.0300. The van der Waals surface area contributed by atoms with Crippen LogP contribution in [0.4, 0.5) is 5.69 Å². The first-order valence-corrected chi connectivity index (χ1v) is 6.10. The Morgan fingerprint density at radius 3 is 3.00 bits per heavy atom. The monoisotopic (exact) mass is 241 g/mol. The van der Waals surface area contributed by atoms with Crippen molar-refractivity contribution in [3.63, 3.8) is 0 Å². The van der Waals surface area contributed by atoms with Gasteiger partial charge in [-0.05, 0) is 40.6 Å². The quantitative estimate of drug-likeness (QED) is 0.822. The zero-order chi connectivity index (χ0) is 12.1. The van der Waals surface area contributed by atoms with Gasteiger partial charge in [-0.2, -0.15) is 11.3 Å². The standard InChI is InChI=1S/C14H11NOS/c1-2-11-4-3-5-13(8-11)15-14(16)9-12-6-7-17-10-12/h1,3-8,10H,9H2,(H,15,16). The number of thiophene rings is 1. The number of carbonyl (C=O) groups is 1. The van der Waals surface area contributed by atoms with Crippen molar-refractivity contribution in [1.29, 1.82) is 0 Å². The molecule has 0 aliphatic heterocycles. The summed E-state index contributed by atoms with van der Waals surface area (Å²) in [5, 5.41) is 6.75. The molecule has 0 saturated carbocycles. The average molecular weight is 241 g/mol. The van der Waals surface area contributed by atoms with E-state index in [9.17, 15) is 4.79 Å². The number of hydrogen-bond donors (Lipinski definition) is 1. The van der Waals surface area contributed by atoms with Gasteiger partial charge in [-0.3, -0.25) is 4.79 Å². The zero-order valence-electron chi connectivity index (χ0n) is 9.14. The van der Waals surface area contributed by atoms with Gasteiger partial charge in [0.05, 0.1) is 6.42 Å². The third kappa shape index (κ3) is 3.20. The topological polar surface area (TPSA) is 29.1 Å². The lowest BCUT2D eigenvalue weighted by Crippen LogP contribution is -2.13. The SMILES string of the molecule is C#Cc1cccc(NC(=O)Cc2ccsc2)c1. The predicted octanol–water partition coefficient (Wildman–Crippen LogP) is 2.91. The van der Waals surface area contributed by atoms with Crippen LogP contribution < -0.4 is 5.32 Å². The molecule has 0 fully saturated rings. The summed E-state index contributed by atoms with van der Waals surface area (Å²) in [5.74, 6) is 2.51. The van der Waals surface area contributed by atoms with Crippen molar-refractivity contribution in [3.8, 4) is 12.3 Å². The molecule has 1 heterocycles. The first-order chi connectivity index (χ1) is 8.28. The molecule has 0 saturated heterocycles. The van der Waals surface area contributed by atoms with Gasteiger partial charge < -0.3 is 5.32 Å². The highest BCUT2D eigenvalue weighted by molar-refractivity contribution is 7.08. The molecule has 0 radical (unpaired) electrons. The van der Waals surface area contributed by atoms with E-state index in [1.54, 1.807) is 17.4 Å². The normalized spacial score (nSPS) is 9.59. The second-order valence-electron chi connectivity index (χ2n) is 3.58. The van der Waals surface area contributed by atoms with Crippen LogP contribution in [0.5, 0.6) is 0 Å². The Morgan fingerprint density at radius 1 is 1.41 bits per heavy atom. The third-order valence-corrected chi connectivity index (χ3v) is 2.99. The molecular formula is C14H11NOS. The number of rotatable bonds is 3. The van der Waals surface area contributed by atoms with Crippen LogP contribution in [-0.4, -0.2) is 5.91 Å². The van der Waals surface area contributed by atoms with Crippen LogP contribution in [0, 0.1) is 12.3 Å². The number of anilines is 1. The summed E-state index contributed by atoms with van der Waals surface area (Å²) in [7, 11) is 0. The van der Waals surface area contributed by atoms with E-state index in [2.05, 4.69) is 11.2 Å². The highest BCUT2D eigenvalue weighted by Crippen LogP contribution is 2.11. The van der Waals surface area contributed by atoms with E-state index in [1.165, 1.54) is 0 Å². The minimum Gasteiger partial charge on any atom is -0.326 e. The van der Waals surface area contributed by atoms with Gasteiger partial charge in [-0.15, -0.1) is 6.42 Å². The zero-order valence-corrected chi connectivity index (χ0v) is 9.96. The maximum Gasteiger partial charge on any atom is 0.228 e. The Balaban J connectivity index is 2.01. The maximum atomic E-state index is 11.7. The average Bonchev–Trinajstić information content (AvgIpc) is 2.82. The molecule has 0 aliphatic rings. The van der Waals surface area contributed by atoms with Crippen LogP contribution in [0.1, 0.15) is 11.1 Å². The second kappa shape index (κ2) is 5.33. The lowest BCUT2D eigenvalue weighted by Gasteiger charge is -2.04. The second-order valence-corrected chi connectivity index (χ2v) is 4.36. The molecule has 17 heavy (non-hydrogen) atoms. The first-order valence-electron chi connectivity index (χ1n) is 5.15. The fraction of sp³-hybridized carbons (Fsp3) is 0.0714. The Hall–Kier alpha value is -2.05. The summed E-state index contributed by atoms with van der Waals surface area (Å²) in [4.78, 5) is 11.7. The summed E-state index contributed by atoms with van der Waals surface area (Å²) in [6, 6.07) is 9.21. The van der Waals surface area contributed by atoms with Crippen LogP contribution in [0.2, 0.25) is 0 Å². The molecule has 84 valence electrons. The smallest absolute Gasteiger partial charge is 0.228 e. The Bertz CT molecular complexity index is 552. The van der Waals surface area contributed by atoms with Crippen LogP contribution >= 0.6 is 11.3 Å². The summed E-state index contributed by atoms with van der Waals surface area (Å²) in [6.45, 7) is 0. The van der Waals surface area contributed by atoms with Crippen molar-refractivity contribution in [2.45, 2.75) is 6.42 Å². The lowest BCUT2D eigenvalue weighted by atomic mass is 10.2. The van der Waals surface area contributed by atoms with Crippen molar-refractivity contribution in [3.05, 3.63) is 52.2 Å². The Kier molecular flexibility index (Phi) is 3.59. The van der Waals surface area contributed by atoms with Gasteiger partial charge in [0.2, 0.25) is 5.91 Å². The van der Waals surface area contributed by atoms with Crippen LogP contribution in [-0.2, 0) is 11.2 Å². The maximum absolute atomic E-state index is 11.7. The van der Waals surface area contributed by atoms with Gasteiger partial charge in [-0.1, -0.05) is 12.0 Å². The van der Waals surface area contributed by atoms with Crippen molar-refractivity contribution in [2.75, 3.05) is 5.32 Å². The van der Waals surface area contributed by atoms with E-state index in [0.29, 0.717) is 6.42 Å². The Labute approximate surface area is 104 Å². The molecule has 2 aromatic rings. The van der Waals surface area contributed by atoms with Crippen LogP contribution in [0.3, 0.4) is 0 Å². The molecule has 1 amide bonds. The fourth-order valence-electron chi connectivity index (χ4n) is 1.47. The molecule has 1 aromatic heterocycles. The molecular weight excluding hydrogens is 230 g/mol. The number of hydrogen-bond acceptors (Lipinski definition) is 2. The molecule has 3 heteroatoms. The Morgan fingerprint density at radius 2 is 2.29 bits per heavy atom. The fourth-order valence-corrected chi connectivity index (χ4v) is 2.14. The van der Waals surface area contributed by atoms with Gasteiger partial charge in [0, 0.05) is 11.3 Å². The van der Waals surface area contributed by atoms with Gasteiger partial charge >= 0.3 is 0 Å². The highest BCUT2D eigenvalue weighted by Gasteiger charge is 2.04. The largest absolute Gasteiger partial charge is 0.326 e. The number of benzene rings is 1. The molecule has 1 N–H and O–H groups in total. The van der Waals surface area contributed by atoms with Crippen molar-refractivity contribution in [2.24, 2.45) is 0 Å². The van der Waals surface area contributed by atoms with Crippen molar-refractivity contribution in [1.82, 2.24) is 0 Å². The van der Waals surface area contributed by atoms with Crippen LogP contribution in [0.25, 0.3) is 0 Å². The van der Waals surface area contributed by atoms with Gasteiger partial charge in [-0.25, -0.2) is 0 Å². The molecule has 0 bridgehead atoms. The summed E-state index contributed by atoms with van der Waals surface area (Å²) < 4.78 is 0. The predicted molar refractivity (Wildman–Crippen MR) is 71.0 cm³/mol. The molecule has 0 spiro atoms. The number of amides is 1. The van der Waals surface area contributed by atoms with E-state index in [-0.39, 0.29) is 5.91 Å². The van der Waals surface area contributed by atoms with E-state index < -0.39 is 0 Å². The summed E-state index contributed by atoms with van der Waals surface area (Å²) in [6.07, 6.45) is 5.69. The van der Waals surface area contributed by atoms with Crippen molar-refractivity contribution >= 4 is 22.9 Å². The molecule has 2 rings (SSSR count). The minimum absolute atomic E-state index is 0.0300. The molecule has 1 aromatic carbocycles. The van der Waals surface area contributed by atoms with Crippen LogP contribution in [0.15, 0.2) is 41.1 Å². The molecule has 2 nitrogen and oxygen atoms in total. The number of carbonyl (C=O) groups excluding carboxylic acids is 1. The van der Waals surface area contributed by atoms with E-state index in [1.807, 2.05) is 35.0 Å². The van der Waals surface area contributed by atoms with Crippen molar-refractivity contribution < 1.29 is 4.79 Å². The molecule has 0 unspecified atom stereocenters. The number of nitrogens with one attached hydrogen (secondary N) is 1. The van der Waals surface area contributed by atoms with Gasteiger partial charge in [0.15, 0.2) is 0 Å². The number of terminal acetylenes is 1. The highest BCUT2D eigenvalue weighted by atomic mass is 32.1. The van der Waals surface area contributed by atoms with Gasteiger partial charge in [0.25, 0.3) is 0 Å². The summed E-state index contributed by atoms with van der Waals surface area (Å²) >= 11 is 1.59. The first kappa shape index (κ1) is 11.4. The van der Waals surface area contributed by atoms with E-state index in [4.69, 9.17) is 6.42 Å². The van der Waals surface area contributed by atoms with Gasteiger partial charge in [0.1, 0.15) is 0 Å². The molecule has 0 atom stereocenters. The summed E-state index contributed by atoms with van der Waals surface area (Å²) in [5.41, 5.74) is 2.53. The molecule has 0 aliphatic carbocycles. The van der Waals surface area contributed by atoms with E-state index >= 15 is 0 Å².